The maximum atomic E-state index is 12.4. The van der Waals surface area contributed by atoms with E-state index in [1.165, 1.54) is 18.3 Å². The summed E-state index contributed by atoms with van der Waals surface area (Å²) in [6.07, 6.45) is -3.03. The van der Waals surface area contributed by atoms with Crippen LogP contribution in [0.25, 0.3) is 0 Å². The Kier molecular flexibility index (Phi) is 4.03. The smallest absolute Gasteiger partial charge is 0.344 e. The molecule has 0 aliphatic carbocycles. The fraction of sp³-hybridized carbons (Fsp3) is 0.250. The molecule has 0 aliphatic rings. The molecule has 0 saturated heterocycles. The Morgan fingerprint density at radius 2 is 1.95 bits per heavy atom. The summed E-state index contributed by atoms with van der Waals surface area (Å²) >= 11 is 0.910. The lowest BCUT2D eigenvalue weighted by molar-refractivity contribution is -0.137. The molecule has 0 spiro atoms. The molecule has 4 nitrogen and oxygen atoms in total. The van der Waals surface area contributed by atoms with Crippen LogP contribution in [0.1, 0.15) is 34.6 Å². The summed E-state index contributed by atoms with van der Waals surface area (Å²) in [7, 11) is 0. The number of amides is 1. The van der Waals surface area contributed by atoms with Crippen LogP contribution in [0.3, 0.4) is 0 Å². The van der Waals surface area contributed by atoms with E-state index in [0.29, 0.717) is 5.56 Å². The molecule has 1 aromatic heterocycles. The average molecular weight is 301 g/mol. The van der Waals surface area contributed by atoms with Gasteiger partial charge in [-0.15, -0.1) is 0 Å². The molecule has 1 unspecified atom stereocenters. The molecule has 2 aromatic rings. The number of hydrogen-bond acceptors (Lipinski definition) is 4. The molecular formula is C12H10F3N3OS. The zero-order valence-electron chi connectivity index (χ0n) is 10.3. The number of carbonyl (C=O) groups excluding carboxylic acids is 1. The van der Waals surface area contributed by atoms with Crippen molar-refractivity contribution in [2.75, 3.05) is 0 Å². The summed E-state index contributed by atoms with van der Waals surface area (Å²) in [5.74, 6) is -0.411. The number of alkyl halides is 3. The molecule has 106 valence electrons. The first-order chi connectivity index (χ1) is 9.38. The van der Waals surface area contributed by atoms with Gasteiger partial charge in [-0.1, -0.05) is 12.1 Å². The molecule has 0 aliphatic heterocycles. The summed E-state index contributed by atoms with van der Waals surface area (Å²) in [5, 5.41) is 2.64. The molecule has 20 heavy (non-hydrogen) atoms. The Hall–Kier alpha value is -1.96. The molecule has 0 radical (unpaired) electrons. The van der Waals surface area contributed by atoms with Crippen LogP contribution in [-0.4, -0.2) is 14.7 Å². The molecule has 1 aromatic carbocycles. The van der Waals surface area contributed by atoms with Crippen LogP contribution in [0.4, 0.5) is 13.2 Å². The third kappa shape index (κ3) is 3.32. The Morgan fingerprint density at radius 3 is 2.45 bits per heavy atom. The molecule has 2 rings (SSSR count). The van der Waals surface area contributed by atoms with Crippen LogP contribution in [0.15, 0.2) is 30.5 Å². The number of aromatic nitrogens is 2. The number of nitrogens with one attached hydrogen (secondary N) is 1. The maximum Gasteiger partial charge on any atom is 0.416 e. The molecule has 1 atom stereocenters. The van der Waals surface area contributed by atoms with E-state index in [4.69, 9.17) is 0 Å². The molecule has 0 fully saturated rings. The summed E-state index contributed by atoms with van der Waals surface area (Å²) in [5.41, 5.74) is 0.0479. The van der Waals surface area contributed by atoms with Crippen molar-refractivity contribution in [3.63, 3.8) is 0 Å². The van der Waals surface area contributed by atoms with Gasteiger partial charge in [-0.05, 0) is 24.6 Å². The Balaban J connectivity index is 2.06. The molecule has 1 heterocycles. The molecule has 8 heteroatoms. The summed E-state index contributed by atoms with van der Waals surface area (Å²) in [4.78, 5) is 11.7. The Morgan fingerprint density at radius 1 is 1.30 bits per heavy atom. The average Bonchev–Trinajstić information content (AvgIpc) is 2.91. The Labute approximate surface area is 117 Å². The quantitative estimate of drug-likeness (QED) is 0.948. The highest BCUT2D eigenvalue weighted by Crippen LogP contribution is 2.29. The van der Waals surface area contributed by atoms with Gasteiger partial charge in [-0.3, -0.25) is 4.79 Å². The van der Waals surface area contributed by atoms with Gasteiger partial charge >= 0.3 is 6.18 Å². The van der Waals surface area contributed by atoms with E-state index in [-0.39, 0.29) is 5.69 Å². The zero-order chi connectivity index (χ0) is 14.8. The van der Waals surface area contributed by atoms with E-state index in [2.05, 4.69) is 14.1 Å². The van der Waals surface area contributed by atoms with E-state index in [1.54, 1.807) is 6.92 Å². The van der Waals surface area contributed by atoms with Crippen molar-refractivity contribution >= 4 is 17.6 Å². The minimum atomic E-state index is -4.36. The minimum Gasteiger partial charge on any atom is -0.344 e. The van der Waals surface area contributed by atoms with E-state index in [0.717, 1.165) is 23.9 Å². The number of nitrogens with zero attached hydrogens (tertiary/aromatic N) is 2. The predicted molar refractivity (Wildman–Crippen MR) is 67.2 cm³/mol. The zero-order valence-corrected chi connectivity index (χ0v) is 11.1. The Bertz CT molecular complexity index is 581. The van der Waals surface area contributed by atoms with Crippen molar-refractivity contribution in [1.29, 1.82) is 0 Å². The van der Waals surface area contributed by atoms with Crippen molar-refractivity contribution in [2.24, 2.45) is 0 Å². The molecule has 0 saturated carbocycles. The van der Waals surface area contributed by atoms with Gasteiger partial charge in [0.1, 0.15) is 0 Å². The van der Waals surface area contributed by atoms with Crippen LogP contribution in [-0.2, 0) is 6.18 Å². The van der Waals surface area contributed by atoms with Gasteiger partial charge in [0.05, 0.1) is 29.5 Å². The summed E-state index contributed by atoms with van der Waals surface area (Å²) < 4.78 is 44.8. The lowest BCUT2D eigenvalue weighted by Gasteiger charge is -2.14. The first kappa shape index (κ1) is 14.4. The highest BCUT2D eigenvalue weighted by molar-refractivity contribution is 6.99. The summed E-state index contributed by atoms with van der Waals surface area (Å²) in [6.45, 7) is 1.68. The maximum absolute atomic E-state index is 12.4. The fourth-order valence-corrected chi connectivity index (χ4v) is 1.99. The van der Waals surface area contributed by atoms with Gasteiger partial charge in [0.2, 0.25) is 0 Å². The van der Waals surface area contributed by atoms with Gasteiger partial charge in [0.25, 0.3) is 5.91 Å². The van der Waals surface area contributed by atoms with Crippen molar-refractivity contribution in [3.8, 4) is 0 Å². The highest BCUT2D eigenvalue weighted by atomic mass is 32.1. The van der Waals surface area contributed by atoms with Crippen molar-refractivity contribution in [3.05, 3.63) is 47.3 Å². The number of hydrogen-bond donors (Lipinski definition) is 1. The second kappa shape index (κ2) is 5.58. The monoisotopic (exact) mass is 301 g/mol. The van der Waals surface area contributed by atoms with Crippen molar-refractivity contribution < 1.29 is 18.0 Å². The van der Waals surface area contributed by atoms with Crippen LogP contribution in [0, 0.1) is 0 Å². The summed E-state index contributed by atoms with van der Waals surface area (Å²) in [6, 6.07) is 4.23. The van der Waals surface area contributed by atoms with Gasteiger partial charge in [0.15, 0.2) is 5.69 Å². The van der Waals surface area contributed by atoms with Crippen molar-refractivity contribution in [1.82, 2.24) is 14.1 Å². The van der Waals surface area contributed by atoms with Crippen LogP contribution < -0.4 is 5.32 Å². The number of rotatable bonds is 3. The van der Waals surface area contributed by atoms with E-state index in [9.17, 15) is 18.0 Å². The molecular weight excluding hydrogens is 291 g/mol. The van der Waals surface area contributed by atoms with Crippen LogP contribution >= 0.6 is 11.7 Å². The SMILES string of the molecule is CC(NC(=O)c1cnsn1)c1ccc(C(F)(F)F)cc1. The lowest BCUT2D eigenvalue weighted by atomic mass is 10.1. The van der Waals surface area contributed by atoms with Gasteiger partial charge in [-0.25, -0.2) is 0 Å². The van der Waals surface area contributed by atoms with Crippen molar-refractivity contribution in [2.45, 2.75) is 19.1 Å². The largest absolute Gasteiger partial charge is 0.416 e. The second-order valence-corrected chi connectivity index (χ2v) is 4.66. The highest BCUT2D eigenvalue weighted by Gasteiger charge is 2.30. The number of carbonyl (C=O) groups is 1. The minimum absolute atomic E-state index is 0.189. The van der Waals surface area contributed by atoms with Gasteiger partial charge in [0, 0.05) is 0 Å². The topological polar surface area (TPSA) is 54.9 Å². The van der Waals surface area contributed by atoms with E-state index in [1.807, 2.05) is 0 Å². The molecule has 1 N–H and O–H groups in total. The van der Waals surface area contributed by atoms with E-state index < -0.39 is 23.7 Å². The molecule has 1 amide bonds. The number of benzene rings is 1. The molecule has 0 bridgehead atoms. The van der Waals surface area contributed by atoms with Crippen LogP contribution in [0.5, 0.6) is 0 Å². The van der Waals surface area contributed by atoms with Gasteiger partial charge < -0.3 is 5.32 Å². The standard InChI is InChI=1S/C12H10F3N3OS/c1-7(17-11(19)10-6-16-20-18-10)8-2-4-9(5-3-8)12(13,14)15/h2-7H,1H3,(H,17,19). The third-order valence-electron chi connectivity index (χ3n) is 2.68. The number of halogens is 3. The predicted octanol–water partition coefficient (Wildman–Crippen LogP) is 3.05. The fourth-order valence-electron chi connectivity index (χ4n) is 1.58. The van der Waals surface area contributed by atoms with Crippen LogP contribution in [0.2, 0.25) is 0 Å². The van der Waals surface area contributed by atoms with Gasteiger partial charge in [-0.2, -0.15) is 21.9 Å². The first-order valence-electron chi connectivity index (χ1n) is 5.63. The second-order valence-electron chi connectivity index (χ2n) is 4.11. The first-order valence-corrected chi connectivity index (χ1v) is 6.36. The normalized spacial score (nSPS) is 13.0. The third-order valence-corrected chi connectivity index (χ3v) is 3.16. The van der Waals surface area contributed by atoms with E-state index >= 15 is 0 Å². The lowest BCUT2D eigenvalue weighted by Crippen LogP contribution is -2.26.